The zero-order valence-corrected chi connectivity index (χ0v) is 18.9. The first-order chi connectivity index (χ1) is 15.0. The molecule has 1 heterocycles. The molecule has 1 aliphatic carbocycles. The van der Waals surface area contributed by atoms with E-state index in [9.17, 15) is 9.90 Å². The van der Waals surface area contributed by atoms with Crippen molar-refractivity contribution in [3.8, 4) is 17.2 Å². The number of aromatic nitrogens is 1. The van der Waals surface area contributed by atoms with Gasteiger partial charge in [0.15, 0.2) is 0 Å². The number of rotatable bonds is 11. The van der Waals surface area contributed by atoms with Crippen LogP contribution >= 0.6 is 0 Å². The summed E-state index contributed by atoms with van der Waals surface area (Å²) in [4.78, 5) is 16.1. The Balaban J connectivity index is 1.52. The second-order valence-corrected chi connectivity index (χ2v) is 8.62. The third kappa shape index (κ3) is 6.57. The first kappa shape index (κ1) is 23.3. The van der Waals surface area contributed by atoms with Crippen LogP contribution in [0.1, 0.15) is 69.7 Å². The summed E-state index contributed by atoms with van der Waals surface area (Å²) in [6, 6.07) is 7.67. The molecular weight excluding hydrogens is 394 g/mol. The van der Waals surface area contributed by atoms with Gasteiger partial charge in [-0.15, -0.1) is 0 Å². The van der Waals surface area contributed by atoms with Gasteiger partial charge in [-0.1, -0.05) is 32.3 Å². The second kappa shape index (κ2) is 11.3. The Kier molecular flexibility index (Phi) is 8.52. The summed E-state index contributed by atoms with van der Waals surface area (Å²) in [5.41, 5.74) is 1.71. The lowest BCUT2D eigenvalue weighted by Gasteiger charge is -2.29. The number of methoxy groups -OCH3 is 1. The lowest BCUT2D eigenvalue weighted by Crippen LogP contribution is -2.24. The van der Waals surface area contributed by atoms with E-state index in [1.165, 1.54) is 6.42 Å². The standard InChI is InChI=1S/C25H35NO5/c1-4-7-19(25(27)28)13-12-18-8-5-11-22(14-18)30-16-23-17(2)31-24(26-23)20-9-6-10-21(15-20)29-3/h6,9-10,15,18-19,22H,4-5,7-8,11-14,16H2,1-3H3,(H,27,28)/t18-,19?,22-/m1/s1. The van der Waals surface area contributed by atoms with Gasteiger partial charge < -0.3 is 19.0 Å². The van der Waals surface area contributed by atoms with E-state index in [2.05, 4.69) is 4.98 Å². The number of hydrogen-bond acceptors (Lipinski definition) is 5. The number of hydrogen-bond donors (Lipinski definition) is 1. The van der Waals surface area contributed by atoms with Gasteiger partial charge in [0.1, 0.15) is 17.2 Å². The molecule has 1 aliphatic rings. The fraction of sp³-hybridized carbons (Fsp3) is 0.600. The normalized spacial score (nSPS) is 19.8. The lowest BCUT2D eigenvalue weighted by molar-refractivity contribution is -0.142. The Hall–Kier alpha value is -2.34. The first-order valence-corrected chi connectivity index (χ1v) is 11.4. The predicted octanol–water partition coefficient (Wildman–Crippen LogP) is 6.02. The number of carboxylic acid groups (broad SMARTS) is 1. The molecule has 170 valence electrons. The van der Waals surface area contributed by atoms with E-state index in [1.807, 2.05) is 38.1 Å². The molecule has 1 aromatic carbocycles. The van der Waals surface area contributed by atoms with E-state index < -0.39 is 5.97 Å². The largest absolute Gasteiger partial charge is 0.497 e. The fourth-order valence-electron chi connectivity index (χ4n) is 4.47. The molecule has 1 saturated carbocycles. The fourth-order valence-corrected chi connectivity index (χ4v) is 4.47. The molecule has 31 heavy (non-hydrogen) atoms. The molecule has 6 nitrogen and oxygen atoms in total. The highest BCUT2D eigenvalue weighted by atomic mass is 16.5. The number of carbonyl (C=O) groups is 1. The van der Waals surface area contributed by atoms with Gasteiger partial charge >= 0.3 is 5.97 Å². The van der Waals surface area contributed by atoms with Gasteiger partial charge in [0.25, 0.3) is 0 Å². The van der Waals surface area contributed by atoms with Gasteiger partial charge in [0.05, 0.1) is 25.7 Å². The predicted molar refractivity (Wildman–Crippen MR) is 119 cm³/mol. The molecule has 3 rings (SSSR count). The molecular formula is C25H35NO5. The van der Waals surface area contributed by atoms with E-state index in [4.69, 9.17) is 13.9 Å². The highest BCUT2D eigenvalue weighted by Gasteiger charge is 2.25. The van der Waals surface area contributed by atoms with Crippen molar-refractivity contribution in [3.05, 3.63) is 35.7 Å². The number of oxazole rings is 1. The van der Waals surface area contributed by atoms with Gasteiger partial charge in [-0.2, -0.15) is 0 Å². The number of nitrogens with zero attached hydrogens (tertiary/aromatic N) is 1. The van der Waals surface area contributed by atoms with Crippen molar-refractivity contribution in [1.29, 1.82) is 0 Å². The maximum Gasteiger partial charge on any atom is 0.306 e. The Labute approximate surface area is 185 Å². The summed E-state index contributed by atoms with van der Waals surface area (Å²) < 4.78 is 17.4. The summed E-state index contributed by atoms with van der Waals surface area (Å²) in [6.45, 7) is 4.40. The van der Waals surface area contributed by atoms with Crippen LogP contribution in [0, 0.1) is 18.8 Å². The molecule has 1 N–H and O–H groups in total. The quantitative estimate of drug-likeness (QED) is 0.471. The van der Waals surface area contributed by atoms with Crippen LogP contribution in [0.3, 0.4) is 0 Å². The monoisotopic (exact) mass is 429 g/mol. The molecule has 1 fully saturated rings. The second-order valence-electron chi connectivity index (χ2n) is 8.62. The Bertz CT molecular complexity index is 846. The molecule has 0 radical (unpaired) electrons. The van der Waals surface area contributed by atoms with Crippen LogP contribution in [-0.4, -0.2) is 29.3 Å². The van der Waals surface area contributed by atoms with Gasteiger partial charge in [-0.05, 0) is 63.1 Å². The third-order valence-electron chi connectivity index (χ3n) is 6.31. The minimum Gasteiger partial charge on any atom is -0.497 e. The number of benzene rings is 1. The van der Waals surface area contributed by atoms with Crippen molar-refractivity contribution < 1.29 is 23.8 Å². The Morgan fingerprint density at radius 3 is 2.90 bits per heavy atom. The van der Waals surface area contributed by atoms with E-state index in [0.717, 1.165) is 67.7 Å². The van der Waals surface area contributed by atoms with Crippen molar-refractivity contribution in [3.63, 3.8) is 0 Å². The van der Waals surface area contributed by atoms with Crippen LogP contribution < -0.4 is 4.74 Å². The van der Waals surface area contributed by atoms with E-state index in [0.29, 0.717) is 18.4 Å². The minimum absolute atomic E-state index is 0.199. The molecule has 0 amide bonds. The van der Waals surface area contributed by atoms with Gasteiger partial charge in [-0.3, -0.25) is 4.79 Å². The van der Waals surface area contributed by atoms with Crippen LogP contribution in [0.5, 0.6) is 5.75 Å². The van der Waals surface area contributed by atoms with Crippen molar-refractivity contribution >= 4 is 5.97 Å². The molecule has 2 aromatic rings. The van der Waals surface area contributed by atoms with Gasteiger partial charge in [0.2, 0.25) is 5.89 Å². The highest BCUT2D eigenvalue weighted by Crippen LogP contribution is 2.32. The van der Waals surface area contributed by atoms with Crippen molar-refractivity contribution in [1.82, 2.24) is 4.98 Å². The van der Waals surface area contributed by atoms with Crippen LogP contribution in [0.2, 0.25) is 0 Å². The van der Waals surface area contributed by atoms with E-state index in [-0.39, 0.29) is 12.0 Å². The molecule has 3 atom stereocenters. The van der Waals surface area contributed by atoms with Gasteiger partial charge in [-0.25, -0.2) is 4.98 Å². The molecule has 0 bridgehead atoms. The highest BCUT2D eigenvalue weighted by molar-refractivity contribution is 5.69. The summed E-state index contributed by atoms with van der Waals surface area (Å²) >= 11 is 0. The summed E-state index contributed by atoms with van der Waals surface area (Å²) in [7, 11) is 1.64. The van der Waals surface area contributed by atoms with Crippen LogP contribution in [0.4, 0.5) is 0 Å². The maximum absolute atomic E-state index is 11.4. The Morgan fingerprint density at radius 1 is 1.32 bits per heavy atom. The SMILES string of the molecule is CCCC(CC[C@H]1CCC[C@@H](OCc2nc(-c3cccc(OC)c3)oc2C)C1)C(=O)O. The van der Waals surface area contributed by atoms with Gasteiger partial charge in [0, 0.05) is 5.56 Å². The van der Waals surface area contributed by atoms with Crippen LogP contribution in [-0.2, 0) is 16.1 Å². The van der Waals surface area contributed by atoms with Crippen molar-refractivity contribution in [2.75, 3.05) is 7.11 Å². The van der Waals surface area contributed by atoms with Crippen LogP contribution in [0.15, 0.2) is 28.7 Å². The number of aliphatic carboxylic acids is 1. The molecule has 0 saturated heterocycles. The number of carboxylic acids is 1. The van der Waals surface area contributed by atoms with Crippen molar-refractivity contribution in [2.24, 2.45) is 11.8 Å². The lowest BCUT2D eigenvalue weighted by atomic mass is 9.82. The third-order valence-corrected chi connectivity index (χ3v) is 6.31. The number of ether oxygens (including phenoxy) is 2. The summed E-state index contributed by atoms with van der Waals surface area (Å²) in [6.07, 6.45) is 7.97. The molecule has 0 spiro atoms. The maximum atomic E-state index is 11.4. The zero-order valence-electron chi connectivity index (χ0n) is 18.9. The molecule has 0 aliphatic heterocycles. The molecule has 1 aromatic heterocycles. The topological polar surface area (TPSA) is 81.8 Å². The number of aryl methyl sites for hydroxylation is 1. The Morgan fingerprint density at radius 2 is 2.16 bits per heavy atom. The zero-order chi connectivity index (χ0) is 22.2. The summed E-state index contributed by atoms with van der Waals surface area (Å²) in [5, 5.41) is 9.39. The molecule has 1 unspecified atom stereocenters. The minimum atomic E-state index is -0.654. The average Bonchev–Trinajstić information content (AvgIpc) is 3.16. The van der Waals surface area contributed by atoms with E-state index >= 15 is 0 Å². The molecule has 6 heteroatoms. The summed E-state index contributed by atoms with van der Waals surface area (Å²) in [5.74, 6) is 1.80. The van der Waals surface area contributed by atoms with Crippen LogP contribution in [0.25, 0.3) is 11.5 Å². The first-order valence-electron chi connectivity index (χ1n) is 11.4. The smallest absolute Gasteiger partial charge is 0.306 e. The van der Waals surface area contributed by atoms with Crippen molar-refractivity contribution in [2.45, 2.75) is 77.9 Å². The average molecular weight is 430 g/mol. The van der Waals surface area contributed by atoms with E-state index in [1.54, 1.807) is 7.11 Å².